The highest BCUT2D eigenvalue weighted by atomic mass is 79.9. The standard InChI is InChI=1S/C7H9BrN2O2S/c1-4(11)2-9-6(12)7-10-3-5(8)13-7/h3-4,11H,2H2,1H3,(H,9,12). The van der Waals surface area contributed by atoms with Crippen molar-refractivity contribution in [3.05, 3.63) is 15.0 Å². The van der Waals surface area contributed by atoms with Crippen molar-refractivity contribution in [2.45, 2.75) is 13.0 Å². The molecule has 0 aromatic carbocycles. The van der Waals surface area contributed by atoms with Crippen LogP contribution in [0.25, 0.3) is 0 Å². The molecule has 0 aliphatic rings. The van der Waals surface area contributed by atoms with E-state index in [0.29, 0.717) is 5.01 Å². The van der Waals surface area contributed by atoms with Crippen molar-refractivity contribution in [1.29, 1.82) is 0 Å². The summed E-state index contributed by atoms with van der Waals surface area (Å²) in [5.41, 5.74) is 0. The van der Waals surface area contributed by atoms with Gasteiger partial charge in [0, 0.05) is 6.54 Å². The monoisotopic (exact) mass is 264 g/mol. The number of rotatable bonds is 3. The van der Waals surface area contributed by atoms with Crippen molar-refractivity contribution in [1.82, 2.24) is 10.3 Å². The molecule has 1 amide bonds. The molecular weight excluding hydrogens is 256 g/mol. The molecule has 0 radical (unpaired) electrons. The maximum atomic E-state index is 11.3. The number of carbonyl (C=O) groups excluding carboxylic acids is 1. The Morgan fingerprint density at radius 3 is 3.08 bits per heavy atom. The molecule has 4 nitrogen and oxygen atoms in total. The molecule has 0 saturated carbocycles. The van der Waals surface area contributed by atoms with E-state index in [9.17, 15) is 4.79 Å². The maximum Gasteiger partial charge on any atom is 0.280 e. The third kappa shape index (κ3) is 3.41. The summed E-state index contributed by atoms with van der Waals surface area (Å²) in [6.07, 6.45) is 1.04. The van der Waals surface area contributed by atoms with E-state index in [2.05, 4.69) is 26.2 Å². The number of thiazole rings is 1. The molecule has 0 spiro atoms. The van der Waals surface area contributed by atoms with E-state index in [0.717, 1.165) is 3.79 Å². The third-order valence-electron chi connectivity index (χ3n) is 1.23. The fraction of sp³-hybridized carbons (Fsp3) is 0.429. The summed E-state index contributed by atoms with van der Waals surface area (Å²) in [6.45, 7) is 1.86. The van der Waals surface area contributed by atoms with Crippen molar-refractivity contribution in [2.75, 3.05) is 6.54 Å². The van der Waals surface area contributed by atoms with Gasteiger partial charge >= 0.3 is 0 Å². The van der Waals surface area contributed by atoms with Gasteiger partial charge in [-0.1, -0.05) is 0 Å². The highest BCUT2D eigenvalue weighted by molar-refractivity contribution is 9.11. The Morgan fingerprint density at radius 2 is 2.62 bits per heavy atom. The van der Waals surface area contributed by atoms with E-state index >= 15 is 0 Å². The smallest absolute Gasteiger partial charge is 0.280 e. The number of hydrogen-bond donors (Lipinski definition) is 2. The van der Waals surface area contributed by atoms with E-state index in [1.165, 1.54) is 11.3 Å². The Morgan fingerprint density at radius 1 is 1.92 bits per heavy atom. The normalized spacial score (nSPS) is 12.5. The van der Waals surface area contributed by atoms with Crippen LogP contribution in [-0.2, 0) is 0 Å². The van der Waals surface area contributed by atoms with Crippen LogP contribution < -0.4 is 5.32 Å². The van der Waals surface area contributed by atoms with E-state index in [4.69, 9.17) is 5.11 Å². The topological polar surface area (TPSA) is 62.2 Å². The number of aromatic nitrogens is 1. The van der Waals surface area contributed by atoms with Crippen LogP contribution in [0.2, 0.25) is 0 Å². The van der Waals surface area contributed by atoms with Crippen molar-refractivity contribution < 1.29 is 9.90 Å². The molecule has 72 valence electrons. The van der Waals surface area contributed by atoms with Gasteiger partial charge < -0.3 is 10.4 Å². The van der Waals surface area contributed by atoms with Crippen LogP contribution in [0.4, 0.5) is 0 Å². The molecule has 1 aromatic heterocycles. The Balaban J connectivity index is 2.49. The Labute approximate surface area is 88.1 Å². The van der Waals surface area contributed by atoms with Gasteiger partial charge in [-0.3, -0.25) is 4.79 Å². The minimum atomic E-state index is -0.535. The van der Waals surface area contributed by atoms with Crippen molar-refractivity contribution in [2.24, 2.45) is 0 Å². The number of nitrogens with one attached hydrogen (secondary N) is 1. The quantitative estimate of drug-likeness (QED) is 0.857. The van der Waals surface area contributed by atoms with Crippen molar-refractivity contribution in [3.8, 4) is 0 Å². The number of hydrogen-bond acceptors (Lipinski definition) is 4. The van der Waals surface area contributed by atoms with Crippen LogP contribution in [0.1, 0.15) is 16.7 Å². The largest absolute Gasteiger partial charge is 0.392 e. The summed E-state index contributed by atoms with van der Waals surface area (Å²) in [7, 11) is 0. The van der Waals surface area contributed by atoms with Crippen LogP contribution in [0.3, 0.4) is 0 Å². The minimum absolute atomic E-state index is 0.246. The van der Waals surface area contributed by atoms with Crippen LogP contribution in [0.5, 0.6) is 0 Å². The molecule has 2 N–H and O–H groups in total. The SMILES string of the molecule is CC(O)CNC(=O)c1ncc(Br)s1. The van der Waals surface area contributed by atoms with Gasteiger partial charge in [-0.25, -0.2) is 4.98 Å². The fourth-order valence-electron chi connectivity index (χ4n) is 0.675. The van der Waals surface area contributed by atoms with Gasteiger partial charge in [0.25, 0.3) is 5.91 Å². The molecule has 0 fully saturated rings. The molecule has 0 aliphatic carbocycles. The molecule has 1 atom stereocenters. The third-order valence-corrected chi connectivity index (χ3v) is 2.70. The van der Waals surface area contributed by atoms with E-state index < -0.39 is 6.10 Å². The number of aliphatic hydroxyl groups excluding tert-OH is 1. The average molecular weight is 265 g/mol. The number of aliphatic hydroxyl groups is 1. The number of carbonyl (C=O) groups is 1. The van der Waals surface area contributed by atoms with Gasteiger partial charge in [0.1, 0.15) is 0 Å². The van der Waals surface area contributed by atoms with Gasteiger partial charge in [0.15, 0.2) is 5.01 Å². The summed E-state index contributed by atoms with van der Waals surface area (Å²) < 4.78 is 0.815. The molecule has 0 saturated heterocycles. The number of nitrogens with zero attached hydrogens (tertiary/aromatic N) is 1. The van der Waals surface area contributed by atoms with Gasteiger partial charge in [-0.2, -0.15) is 0 Å². The highest BCUT2D eigenvalue weighted by Crippen LogP contribution is 2.18. The van der Waals surface area contributed by atoms with E-state index in [1.54, 1.807) is 13.1 Å². The molecule has 1 heterocycles. The number of halogens is 1. The zero-order valence-electron chi connectivity index (χ0n) is 6.95. The zero-order chi connectivity index (χ0) is 9.84. The Bertz CT molecular complexity index is 300. The molecule has 1 aromatic rings. The molecule has 0 aliphatic heterocycles. The predicted octanol–water partition coefficient (Wildman–Crippen LogP) is 1.02. The second-order valence-electron chi connectivity index (χ2n) is 2.53. The van der Waals surface area contributed by atoms with Crippen LogP contribution in [0.15, 0.2) is 9.98 Å². The minimum Gasteiger partial charge on any atom is -0.392 e. The molecule has 13 heavy (non-hydrogen) atoms. The Hall–Kier alpha value is -0.460. The molecular formula is C7H9BrN2O2S. The van der Waals surface area contributed by atoms with E-state index in [1.807, 2.05) is 0 Å². The lowest BCUT2D eigenvalue weighted by Crippen LogP contribution is -2.30. The Kier molecular flexibility index (Phi) is 3.83. The van der Waals surface area contributed by atoms with Gasteiger partial charge in [0.05, 0.1) is 16.1 Å². The first-order chi connectivity index (χ1) is 6.09. The second-order valence-corrected chi connectivity index (χ2v) is 4.94. The first-order valence-corrected chi connectivity index (χ1v) is 5.28. The molecule has 1 rings (SSSR count). The highest BCUT2D eigenvalue weighted by Gasteiger charge is 2.09. The summed E-state index contributed by atoms with van der Waals surface area (Å²) >= 11 is 4.47. The average Bonchev–Trinajstić information content (AvgIpc) is 2.47. The molecule has 0 bridgehead atoms. The fourth-order valence-corrected chi connectivity index (χ4v) is 1.80. The van der Waals surface area contributed by atoms with Gasteiger partial charge in [-0.15, -0.1) is 11.3 Å². The van der Waals surface area contributed by atoms with Crippen LogP contribution in [-0.4, -0.2) is 28.6 Å². The zero-order valence-corrected chi connectivity index (χ0v) is 9.35. The second kappa shape index (κ2) is 4.69. The summed E-state index contributed by atoms with van der Waals surface area (Å²) in [5, 5.41) is 11.9. The summed E-state index contributed by atoms with van der Waals surface area (Å²) in [6, 6.07) is 0. The summed E-state index contributed by atoms with van der Waals surface area (Å²) in [4.78, 5) is 15.1. The van der Waals surface area contributed by atoms with Crippen LogP contribution >= 0.6 is 27.3 Å². The lowest BCUT2D eigenvalue weighted by Gasteiger charge is -2.04. The first-order valence-electron chi connectivity index (χ1n) is 3.67. The molecule has 6 heteroatoms. The number of amides is 1. The van der Waals surface area contributed by atoms with E-state index in [-0.39, 0.29) is 12.5 Å². The lowest BCUT2D eigenvalue weighted by molar-refractivity contribution is 0.0923. The molecule has 1 unspecified atom stereocenters. The summed E-state index contributed by atoms with van der Waals surface area (Å²) in [5.74, 6) is -0.253. The van der Waals surface area contributed by atoms with Crippen molar-refractivity contribution in [3.63, 3.8) is 0 Å². The predicted molar refractivity (Wildman–Crippen MR) is 53.8 cm³/mol. The maximum absolute atomic E-state index is 11.3. The first kappa shape index (κ1) is 10.6. The lowest BCUT2D eigenvalue weighted by atomic mass is 10.4. The van der Waals surface area contributed by atoms with Crippen LogP contribution in [0, 0.1) is 0 Å². The van der Waals surface area contributed by atoms with Crippen molar-refractivity contribution >= 4 is 33.2 Å². The van der Waals surface area contributed by atoms with Gasteiger partial charge in [0.2, 0.25) is 0 Å². The van der Waals surface area contributed by atoms with Gasteiger partial charge in [-0.05, 0) is 22.9 Å².